The van der Waals surface area contributed by atoms with Crippen LogP contribution >= 0.6 is 0 Å². The van der Waals surface area contributed by atoms with Crippen molar-refractivity contribution in [2.45, 2.75) is 37.6 Å². The molecular weight excluding hydrogens is 499 g/mol. The molecule has 2 aliphatic rings. The lowest BCUT2D eigenvalue weighted by Gasteiger charge is -2.33. The Hall–Kier alpha value is -3.54. The number of alkyl halides is 3. The summed E-state index contributed by atoms with van der Waals surface area (Å²) in [6.07, 6.45) is -1.99. The first-order chi connectivity index (χ1) is 17.6. The summed E-state index contributed by atoms with van der Waals surface area (Å²) >= 11 is 0. The number of methoxy groups -OCH3 is 1. The topological polar surface area (TPSA) is 69.5 Å². The first-order valence-corrected chi connectivity index (χ1v) is 11.7. The molecule has 3 aromatic rings. The second-order valence-corrected chi connectivity index (χ2v) is 9.03. The summed E-state index contributed by atoms with van der Waals surface area (Å²) in [4.78, 5) is 23.0. The van der Waals surface area contributed by atoms with Crippen molar-refractivity contribution in [2.75, 3.05) is 26.8 Å². The Morgan fingerprint density at radius 3 is 2.70 bits per heavy atom. The number of benzene rings is 1. The highest BCUT2D eigenvalue weighted by Crippen LogP contribution is 2.38. The van der Waals surface area contributed by atoms with Crippen molar-refractivity contribution in [3.8, 4) is 5.88 Å². The molecule has 2 atom stereocenters. The van der Waals surface area contributed by atoms with Crippen LogP contribution in [0.2, 0.25) is 0 Å². The number of ether oxygens (including phenoxy) is 2. The highest BCUT2D eigenvalue weighted by Gasteiger charge is 2.35. The zero-order valence-corrected chi connectivity index (χ0v) is 19.8. The molecule has 0 bridgehead atoms. The largest absolute Gasteiger partial charge is 0.481 e. The van der Waals surface area contributed by atoms with Crippen LogP contribution in [0.15, 0.2) is 36.7 Å². The van der Waals surface area contributed by atoms with E-state index in [0.717, 1.165) is 24.4 Å². The molecule has 1 fully saturated rings. The third-order valence-corrected chi connectivity index (χ3v) is 6.71. The number of aromatic nitrogens is 3. The number of pyridine rings is 1. The van der Waals surface area contributed by atoms with Gasteiger partial charge in [-0.2, -0.15) is 13.2 Å². The van der Waals surface area contributed by atoms with Crippen molar-refractivity contribution in [3.05, 3.63) is 76.5 Å². The van der Waals surface area contributed by atoms with Gasteiger partial charge in [-0.05, 0) is 18.6 Å². The Morgan fingerprint density at radius 1 is 1.16 bits per heavy atom. The molecule has 37 heavy (non-hydrogen) atoms. The fourth-order valence-electron chi connectivity index (χ4n) is 4.83. The van der Waals surface area contributed by atoms with Gasteiger partial charge in [-0.15, -0.1) is 0 Å². The van der Waals surface area contributed by atoms with Crippen LogP contribution in [0.25, 0.3) is 0 Å². The van der Waals surface area contributed by atoms with E-state index in [4.69, 9.17) is 9.47 Å². The van der Waals surface area contributed by atoms with Crippen LogP contribution in [0.4, 0.5) is 22.0 Å². The minimum atomic E-state index is -4.53. The number of carbonyl (C=O) groups excluding carboxylic acids is 1. The van der Waals surface area contributed by atoms with Crippen LogP contribution in [-0.2, 0) is 23.9 Å². The quantitative estimate of drug-likeness (QED) is 0.471. The third-order valence-electron chi connectivity index (χ3n) is 6.71. The smallest absolute Gasteiger partial charge is 0.417 e. The van der Waals surface area contributed by atoms with E-state index in [0.29, 0.717) is 30.8 Å². The minimum Gasteiger partial charge on any atom is -0.481 e. The molecule has 0 N–H and O–H groups in total. The maximum absolute atomic E-state index is 14.2. The summed E-state index contributed by atoms with van der Waals surface area (Å²) in [5.41, 5.74) is -0.156. The summed E-state index contributed by atoms with van der Waals surface area (Å²) in [6, 6.07) is 4.27. The van der Waals surface area contributed by atoms with E-state index in [1.165, 1.54) is 18.1 Å². The number of aryl methyl sites for hydroxylation is 1. The van der Waals surface area contributed by atoms with Gasteiger partial charge in [0.25, 0.3) is 5.91 Å². The number of imidazole rings is 1. The van der Waals surface area contributed by atoms with E-state index in [-0.39, 0.29) is 48.7 Å². The number of fused-ring (bicyclic) bond motifs is 1. The number of morpholine rings is 1. The van der Waals surface area contributed by atoms with Gasteiger partial charge in [-0.3, -0.25) is 4.79 Å². The standard InChI is InChI=1S/C25H23F5N4O3/c1-36-23-18(8-15(10-31-23)25(28,29)30)14-2-5-22-32-20(12-34(22)11-14)24(35)33-6-7-37-21(13-33)17-4-3-16(26)9-19(17)27/h3-4,8-10,12,14,21H,2,5-7,11,13H2,1H3. The highest BCUT2D eigenvalue weighted by molar-refractivity contribution is 5.92. The fourth-order valence-corrected chi connectivity index (χ4v) is 4.83. The lowest BCUT2D eigenvalue weighted by molar-refractivity contribution is -0.137. The number of rotatable bonds is 4. The van der Waals surface area contributed by atoms with Crippen LogP contribution in [0.5, 0.6) is 5.88 Å². The van der Waals surface area contributed by atoms with Crippen molar-refractivity contribution < 1.29 is 36.2 Å². The summed E-state index contributed by atoms with van der Waals surface area (Å²) < 4.78 is 79.9. The lowest BCUT2D eigenvalue weighted by Crippen LogP contribution is -2.42. The molecule has 0 radical (unpaired) electrons. The molecule has 1 amide bonds. The highest BCUT2D eigenvalue weighted by atomic mass is 19.4. The lowest BCUT2D eigenvalue weighted by atomic mass is 9.91. The number of nitrogens with zero attached hydrogens (tertiary/aromatic N) is 4. The minimum absolute atomic E-state index is 0.0688. The van der Waals surface area contributed by atoms with E-state index < -0.39 is 29.5 Å². The van der Waals surface area contributed by atoms with E-state index in [1.54, 1.807) is 10.8 Å². The van der Waals surface area contributed by atoms with Gasteiger partial charge >= 0.3 is 6.18 Å². The Bertz CT molecular complexity index is 1330. The van der Waals surface area contributed by atoms with Crippen molar-refractivity contribution >= 4 is 5.91 Å². The fraction of sp³-hybridized carbons (Fsp3) is 0.400. The summed E-state index contributed by atoms with van der Waals surface area (Å²) in [5, 5.41) is 0. The molecule has 12 heteroatoms. The SMILES string of the molecule is COc1ncc(C(F)(F)F)cc1C1CCc2nc(C(=O)N3CCOC(c4ccc(F)cc4F)C3)cn2C1. The predicted molar refractivity (Wildman–Crippen MR) is 120 cm³/mol. The molecule has 2 aliphatic heterocycles. The maximum atomic E-state index is 14.2. The predicted octanol–water partition coefficient (Wildman–Crippen LogP) is 4.53. The number of hydrogen-bond donors (Lipinski definition) is 0. The van der Waals surface area contributed by atoms with E-state index >= 15 is 0 Å². The Kier molecular flexibility index (Phi) is 6.61. The molecule has 196 valence electrons. The summed E-state index contributed by atoms with van der Waals surface area (Å²) in [5.74, 6) is -1.36. The average molecular weight is 522 g/mol. The van der Waals surface area contributed by atoms with Gasteiger partial charge in [0, 0.05) is 55.0 Å². The van der Waals surface area contributed by atoms with Crippen molar-refractivity contribution in [1.82, 2.24) is 19.4 Å². The first kappa shape index (κ1) is 25.1. The molecule has 1 aromatic carbocycles. The zero-order valence-electron chi connectivity index (χ0n) is 19.8. The molecule has 7 nitrogen and oxygen atoms in total. The van der Waals surface area contributed by atoms with Crippen molar-refractivity contribution in [2.24, 2.45) is 0 Å². The van der Waals surface area contributed by atoms with Crippen LogP contribution in [0.3, 0.4) is 0 Å². The molecule has 4 heterocycles. The molecule has 0 aliphatic carbocycles. The van der Waals surface area contributed by atoms with Gasteiger partial charge in [-0.1, -0.05) is 6.07 Å². The zero-order chi connectivity index (χ0) is 26.3. The van der Waals surface area contributed by atoms with Gasteiger partial charge in [0.15, 0.2) is 0 Å². The molecule has 2 aromatic heterocycles. The Morgan fingerprint density at radius 2 is 1.97 bits per heavy atom. The normalized spacial score (nSPS) is 20.0. The first-order valence-electron chi connectivity index (χ1n) is 11.7. The summed E-state index contributed by atoms with van der Waals surface area (Å²) in [7, 11) is 1.36. The second-order valence-electron chi connectivity index (χ2n) is 9.03. The molecular formula is C25H23F5N4O3. The maximum Gasteiger partial charge on any atom is 0.417 e. The van der Waals surface area contributed by atoms with E-state index in [2.05, 4.69) is 9.97 Å². The third kappa shape index (κ3) is 5.02. The molecule has 1 saturated heterocycles. The van der Waals surface area contributed by atoms with Gasteiger partial charge in [0.1, 0.15) is 29.3 Å². The molecule has 0 saturated carbocycles. The number of halogens is 5. The number of hydrogen-bond acceptors (Lipinski definition) is 5. The molecule has 2 unspecified atom stereocenters. The number of amides is 1. The van der Waals surface area contributed by atoms with E-state index in [9.17, 15) is 26.7 Å². The van der Waals surface area contributed by atoms with Gasteiger partial charge in [0.2, 0.25) is 5.88 Å². The Balaban J connectivity index is 1.34. The number of carbonyl (C=O) groups is 1. The monoisotopic (exact) mass is 522 g/mol. The Labute approximate surface area is 208 Å². The van der Waals surface area contributed by atoms with Crippen LogP contribution in [0.1, 0.15) is 51.4 Å². The van der Waals surface area contributed by atoms with Crippen LogP contribution in [0, 0.1) is 11.6 Å². The van der Waals surface area contributed by atoms with Gasteiger partial charge < -0.3 is 18.9 Å². The summed E-state index contributed by atoms with van der Waals surface area (Å²) in [6.45, 7) is 0.821. The molecule has 0 spiro atoms. The van der Waals surface area contributed by atoms with E-state index in [1.807, 2.05) is 0 Å². The molecule has 5 rings (SSSR count). The van der Waals surface area contributed by atoms with Crippen molar-refractivity contribution in [3.63, 3.8) is 0 Å². The second kappa shape index (κ2) is 9.73. The van der Waals surface area contributed by atoms with Crippen molar-refractivity contribution in [1.29, 1.82) is 0 Å². The van der Waals surface area contributed by atoms with Gasteiger partial charge in [0.05, 0.1) is 25.8 Å². The van der Waals surface area contributed by atoms with Crippen LogP contribution in [-0.4, -0.2) is 52.1 Å². The van der Waals surface area contributed by atoms with Crippen LogP contribution < -0.4 is 4.74 Å². The van der Waals surface area contributed by atoms with Gasteiger partial charge in [-0.25, -0.2) is 18.7 Å². The average Bonchev–Trinajstić information content (AvgIpc) is 3.31.